The lowest BCUT2D eigenvalue weighted by Crippen LogP contribution is -2.12. The van der Waals surface area contributed by atoms with Gasteiger partial charge < -0.3 is 5.32 Å². The molecule has 0 aliphatic carbocycles. The molecule has 0 radical (unpaired) electrons. The highest BCUT2D eigenvalue weighted by Crippen LogP contribution is 2.24. The van der Waals surface area contributed by atoms with E-state index >= 15 is 0 Å². The SMILES string of the molecule is O=C(Nc1cccc(-c2cn3cccnc3n2)c1)c1cccc2ccccc12. The maximum atomic E-state index is 12.9. The lowest BCUT2D eigenvalue weighted by molar-refractivity contribution is 0.102. The third-order valence-electron chi connectivity index (χ3n) is 4.69. The summed E-state index contributed by atoms with van der Waals surface area (Å²) in [5.74, 6) is 0.508. The fraction of sp³-hybridized carbons (Fsp3) is 0. The Hall–Kier alpha value is -3.99. The van der Waals surface area contributed by atoms with E-state index in [1.807, 2.05) is 89.6 Å². The second-order valence-corrected chi connectivity index (χ2v) is 6.51. The number of anilines is 1. The minimum Gasteiger partial charge on any atom is -0.322 e. The quantitative estimate of drug-likeness (QED) is 0.500. The molecule has 2 aromatic heterocycles. The molecule has 0 unspecified atom stereocenters. The maximum Gasteiger partial charge on any atom is 0.256 e. The highest BCUT2D eigenvalue weighted by molar-refractivity contribution is 6.13. The first-order valence-electron chi connectivity index (χ1n) is 8.97. The number of hydrogen-bond acceptors (Lipinski definition) is 3. The monoisotopic (exact) mass is 364 g/mol. The van der Waals surface area contributed by atoms with Crippen LogP contribution in [-0.2, 0) is 0 Å². The van der Waals surface area contributed by atoms with Crippen LogP contribution < -0.4 is 5.32 Å². The Morgan fingerprint density at radius 3 is 2.71 bits per heavy atom. The van der Waals surface area contributed by atoms with Crippen molar-refractivity contribution in [2.75, 3.05) is 5.32 Å². The first-order valence-corrected chi connectivity index (χ1v) is 8.97. The van der Waals surface area contributed by atoms with E-state index in [2.05, 4.69) is 15.3 Å². The molecule has 0 atom stereocenters. The number of nitrogens with zero attached hydrogens (tertiary/aromatic N) is 3. The molecule has 5 nitrogen and oxygen atoms in total. The molecule has 5 rings (SSSR count). The van der Waals surface area contributed by atoms with E-state index in [0.717, 1.165) is 27.7 Å². The minimum absolute atomic E-state index is 0.134. The van der Waals surface area contributed by atoms with Crippen molar-refractivity contribution in [3.63, 3.8) is 0 Å². The van der Waals surface area contributed by atoms with Gasteiger partial charge in [0.2, 0.25) is 5.78 Å². The van der Waals surface area contributed by atoms with E-state index in [1.165, 1.54) is 0 Å². The molecule has 1 amide bonds. The zero-order valence-electron chi connectivity index (χ0n) is 14.9. The van der Waals surface area contributed by atoms with Gasteiger partial charge in [-0.15, -0.1) is 0 Å². The molecule has 1 N–H and O–H groups in total. The molecular weight excluding hydrogens is 348 g/mol. The number of benzene rings is 3. The zero-order chi connectivity index (χ0) is 18.9. The topological polar surface area (TPSA) is 59.3 Å². The fourth-order valence-electron chi connectivity index (χ4n) is 3.35. The Kier molecular flexibility index (Phi) is 3.84. The van der Waals surface area contributed by atoms with Crippen molar-refractivity contribution in [3.05, 3.63) is 97.0 Å². The van der Waals surface area contributed by atoms with Gasteiger partial charge in [0.1, 0.15) is 0 Å². The van der Waals surface area contributed by atoms with Crippen molar-refractivity contribution in [2.45, 2.75) is 0 Å². The lowest BCUT2D eigenvalue weighted by atomic mass is 10.0. The average molecular weight is 364 g/mol. The summed E-state index contributed by atoms with van der Waals surface area (Å²) in [5, 5.41) is 4.98. The van der Waals surface area contributed by atoms with Crippen LogP contribution in [0.5, 0.6) is 0 Å². The first kappa shape index (κ1) is 16.2. The van der Waals surface area contributed by atoms with Gasteiger partial charge in [0.15, 0.2) is 0 Å². The number of hydrogen-bond donors (Lipinski definition) is 1. The van der Waals surface area contributed by atoms with Crippen LogP contribution in [-0.4, -0.2) is 20.3 Å². The Bertz CT molecular complexity index is 1280. The second kappa shape index (κ2) is 6.63. The van der Waals surface area contributed by atoms with Gasteiger partial charge in [0.05, 0.1) is 5.69 Å². The molecule has 0 aliphatic rings. The fourth-order valence-corrected chi connectivity index (χ4v) is 3.35. The third kappa shape index (κ3) is 2.89. The van der Waals surface area contributed by atoms with Crippen LogP contribution in [0.15, 0.2) is 91.4 Å². The van der Waals surface area contributed by atoms with Crippen molar-refractivity contribution < 1.29 is 4.79 Å². The molecular formula is C23H16N4O. The summed E-state index contributed by atoms with van der Waals surface area (Å²) in [5.41, 5.74) is 3.10. The predicted molar refractivity (Wildman–Crippen MR) is 110 cm³/mol. The summed E-state index contributed by atoms with van der Waals surface area (Å²) >= 11 is 0. The number of rotatable bonds is 3. The van der Waals surface area contributed by atoms with Crippen molar-refractivity contribution in [3.8, 4) is 11.3 Å². The molecule has 3 aromatic carbocycles. The minimum atomic E-state index is -0.134. The second-order valence-electron chi connectivity index (χ2n) is 6.51. The Labute approximate surface area is 161 Å². The van der Waals surface area contributed by atoms with Gasteiger partial charge in [-0.1, -0.05) is 48.5 Å². The van der Waals surface area contributed by atoms with Gasteiger partial charge in [0.25, 0.3) is 5.91 Å². The van der Waals surface area contributed by atoms with Crippen LogP contribution >= 0.6 is 0 Å². The largest absolute Gasteiger partial charge is 0.322 e. The normalized spacial score (nSPS) is 11.0. The van der Waals surface area contributed by atoms with Gasteiger partial charge in [0, 0.05) is 35.4 Å². The average Bonchev–Trinajstić information content (AvgIpc) is 3.18. The summed E-state index contributed by atoms with van der Waals surface area (Å²) in [6.45, 7) is 0. The van der Waals surface area contributed by atoms with Crippen molar-refractivity contribution in [2.24, 2.45) is 0 Å². The van der Waals surface area contributed by atoms with E-state index in [4.69, 9.17) is 0 Å². The summed E-state index contributed by atoms with van der Waals surface area (Å²) in [4.78, 5) is 21.7. The zero-order valence-corrected chi connectivity index (χ0v) is 14.9. The van der Waals surface area contributed by atoms with Gasteiger partial charge in [-0.05, 0) is 35.0 Å². The predicted octanol–water partition coefficient (Wildman–Crippen LogP) is 4.80. The van der Waals surface area contributed by atoms with E-state index in [1.54, 1.807) is 6.20 Å². The van der Waals surface area contributed by atoms with Crippen LogP contribution in [0.3, 0.4) is 0 Å². The number of amides is 1. The first-order chi connectivity index (χ1) is 13.8. The molecule has 0 aliphatic heterocycles. The summed E-state index contributed by atoms with van der Waals surface area (Å²) in [7, 11) is 0. The van der Waals surface area contributed by atoms with Crippen molar-refractivity contribution in [1.82, 2.24) is 14.4 Å². The van der Waals surface area contributed by atoms with Gasteiger partial charge in [-0.3, -0.25) is 9.20 Å². The maximum absolute atomic E-state index is 12.9. The van der Waals surface area contributed by atoms with E-state index in [0.29, 0.717) is 11.3 Å². The third-order valence-corrected chi connectivity index (χ3v) is 4.69. The van der Waals surface area contributed by atoms with Gasteiger partial charge in [-0.2, -0.15) is 0 Å². The number of fused-ring (bicyclic) bond motifs is 2. The summed E-state index contributed by atoms with van der Waals surface area (Å²) in [6, 6.07) is 23.2. The smallest absolute Gasteiger partial charge is 0.256 e. The standard InChI is InChI=1S/C23H16N4O/c28-22(20-11-4-7-16-6-1-2-10-19(16)20)25-18-9-3-8-17(14-18)21-15-27-13-5-12-24-23(27)26-21/h1-15H,(H,25,28). The van der Waals surface area contributed by atoms with Crippen LogP contribution in [0.4, 0.5) is 5.69 Å². The van der Waals surface area contributed by atoms with E-state index in [-0.39, 0.29) is 5.91 Å². The van der Waals surface area contributed by atoms with E-state index in [9.17, 15) is 4.79 Å². The Balaban J connectivity index is 1.47. The highest BCUT2D eigenvalue weighted by Gasteiger charge is 2.11. The van der Waals surface area contributed by atoms with Crippen molar-refractivity contribution in [1.29, 1.82) is 0 Å². The molecule has 28 heavy (non-hydrogen) atoms. The number of carbonyl (C=O) groups excluding carboxylic acids is 1. The summed E-state index contributed by atoms with van der Waals surface area (Å²) < 4.78 is 1.87. The molecule has 0 saturated carbocycles. The van der Waals surface area contributed by atoms with Crippen LogP contribution in [0.2, 0.25) is 0 Å². The number of carbonyl (C=O) groups is 1. The molecule has 0 bridgehead atoms. The Morgan fingerprint density at radius 1 is 0.929 bits per heavy atom. The molecule has 2 heterocycles. The van der Waals surface area contributed by atoms with Crippen molar-refractivity contribution >= 4 is 28.1 Å². The van der Waals surface area contributed by atoms with Gasteiger partial charge in [-0.25, -0.2) is 9.97 Å². The van der Waals surface area contributed by atoms with Crippen LogP contribution in [0.25, 0.3) is 27.8 Å². The number of imidazole rings is 1. The lowest BCUT2D eigenvalue weighted by Gasteiger charge is -2.09. The molecule has 0 spiro atoms. The number of aromatic nitrogens is 3. The molecule has 5 aromatic rings. The Morgan fingerprint density at radius 2 is 1.79 bits per heavy atom. The summed E-state index contributed by atoms with van der Waals surface area (Å²) in [6.07, 6.45) is 5.55. The van der Waals surface area contributed by atoms with Crippen LogP contribution in [0.1, 0.15) is 10.4 Å². The van der Waals surface area contributed by atoms with E-state index < -0.39 is 0 Å². The highest BCUT2D eigenvalue weighted by atomic mass is 16.1. The van der Waals surface area contributed by atoms with Crippen LogP contribution in [0, 0.1) is 0 Å². The molecule has 5 heteroatoms. The number of nitrogens with one attached hydrogen (secondary N) is 1. The molecule has 134 valence electrons. The van der Waals surface area contributed by atoms with Gasteiger partial charge >= 0.3 is 0 Å². The molecule has 0 saturated heterocycles. The molecule has 0 fully saturated rings.